The van der Waals surface area contributed by atoms with Crippen LogP contribution >= 0.6 is 0 Å². The van der Waals surface area contributed by atoms with Gasteiger partial charge in [-0.15, -0.1) is 0 Å². The Morgan fingerprint density at radius 2 is 2.13 bits per heavy atom. The van der Waals surface area contributed by atoms with Crippen molar-refractivity contribution in [1.29, 1.82) is 0 Å². The molecule has 0 aromatic heterocycles. The van der Waals surface area contributed by atoms with Gasteiger partial charge in [0.25, 0.3) is 0 Å². The first-order valence-corrected chi connectivity index (χ1v) is 7.58. The molecule has 128 valence electrons. The summed E-state index contributed by atoms with van der Waals surface area (Å²) >= 11 is 0. The van der Waals surface area contributed by atoms with Gasteiger partial charge >= 0.3 is 6.18 Å². The summed E-state index contributed by atoms with van der Waals surface area (Å²) in [6, 6.07) is 4.04. The van der Waals surface area contributed by atoms with Crippen LogP contribution < -0.4 is 5.32 Å². The van der Waals surface area contributed by atoms with Gasteiger partial charge in [0.1, 0.15) is 0 Å². The molecule has 1 aromatic carbocycles. The number of nitrogens with zero attached hydrogens (tertiary/aromatic N) is 1. The Bertz CT molecular complexity index is 563. The zero-order chi connectivity index (χ0) is 17.2. The quantitative estimate of drug-likeness (QED) is 0.896. The number of carbonyl (C=O) groups is 1. The van der Waals surface area contributed by atoms with Gasteiger partial charge in [0.15, 0.2) is 0 Å². The van der Waals surface area contributed by atoms with E-state index in [2.05, 4.69) is 5.32 Å². The third-order valence-corrected chi connectivity index (χ3v) is 4.33. The van der Waals surface area contributed by atoms with Crippen LogP contribution in [0.3, 0.4) is 0 Å². The lowest BCUT2D eigenvalue weighted by molar-refractivity contribution is -0.137. The van der Waals surface area contributed by atoms with Crippen LogP contribution in [0.15, 0.2) is 24.3 Å². The highest BCUT2D eigenvalue weighted by atomic mass is 19.4. The first-order chi connectivity index (χ1) is 10.7. The Kier molecular flexibility index (Phi) is 5.31. The average Bonchev–Trinajstić information content (AvgIpc) is 2.48. The molecular weight excluding hydrogens is 309 g/mol. The molecule has 1 heterocycles. The van der Waals surface area contributed by atoms with E-state index in [0.29, 0.717) is 13.1 Å². The number of aliphatic hydroxyl groups excluding tert-OH is 1. The van der Waals surface area contributed by atoms with Crippen LogP contribution in [-0.4, -0.2) is 41.1 Å². The average molecular weight is 330 g/mol. The van der Waals surface area contributed by atoms with E-state index < -0.39 is 23.9 Å². The predicted octanol–water partition coefficient (Wildman–Crippen LogP) is 2.74. The molecule has 4 nitrogen and oxygen atoms in total. The van der Waals surface area contributed by atoms with Crippen LogP contribution in [0.25, 0.3) is 0 Å². The maximum atomic E-state index is 12.7. The molecule has 1 amide bonds. The molecule has 1 fully saturated rings. The molecule has 3 atom stereocenters. The van der Waals surface area contributed by atoms with Crippen LogP contribution in [-0.2, 0) is 11.0 Å². The Balaban J connectivity index is 2.01. The van der Waals surface area contributed by atoms with Crippen molar-refractivity contribution >= 4 is 11.6 Å². The third kappa shape index (κ3) is 4.45. The number of carbonyl (C=O) groups excluding carboxylic acids is 1. The summed E-state index contributed by atoms with van der Waals surface area (Å²) in [5.74, 6) is -0.198. The minimum absolute atomic E-state index is 0.114. The second-order valence-corrected chi connectivity index (χ2v) is 6.07. The highest BCUT2D eigenvalue weighted by molar-refractivity contribution is 5.94. The second kappa shape index (κ2) is 6.88. The number of piperidine rings is 1. The summed E-state index contributed by atoms with van der Waals surface area (Å²) < 4.78 is 38.1. The van der Waals surface area contributed by atoms with Crippen molar-refractivity contribution in [3.8, 4) is 0 Å². The summed E-state index contributed by atoms with van der Waals surface area (Å²) in [6.45, 7) is 4.70. The number of halogens is 3. The van der Waals surface area contributed by atoms with Crippen molar-refractivity contribution in [2.75, 3.05) is 18.4 Å². The van der Waals surface area contributed by atoms with Crippen LogP contribution in [0.4, 0.5) is 18.9 Å². The molecule has 0 aliphatic carbocycles. The minimum Gasteiger partial charge on any atom is -0.392 e. The van der Waals surface area contributed by atoms with Crippen molar-refractivity contribution in [3.63, 3.8) is 0 Å². The number of nitrogens with one attached hydrogen (secondary N) is 1. The van der Waals surface area contributed by atoms with Gasteiger partial charge in [0, 0.05) is 12.2 Å². The topological polar surface area (TPSA) is 52.6 Å². The van der Waals surface area contributed by atoms with Crippen LogP contribution in [0.2, 0.25) is 0 Å². The number of aliphatic hydroxyl groups is 1. The van der Waals surface area contributed by atoms with Gasteiger partial charge in [-0.25, -0.2) is 0 Å². The molecular formula is C16H21F3N2O2. The number of likely N-dealkylation sites (tertiary alicyclic amines) is 1. The van der Waals surface area contributed by atoms with Gasteiger partial charge in [-0.05, 0) is 44.0 Å². The van der Waals surface area contributed by atoms with E-state index >= 15 is 0 Å². The van der Waals surface area contributed by atoms with Gasteiger partial charge in [0.2, 0.25) is 5.91 Å². The molecule has 1 aliphatic heterocycles. The van der Waals surface area contributed by atoms with Gasteiger partial charge in [-0.3, -0.25) is 9.69 Å². The molecule has 0 radical (unpaired) electrons. The molecule has 0 saturated carbocycles. The van der Waals surface area contributed by atoms with Crippen molar-refractivity contribution in [2.45, 2.75) is 38.6 Å². The van der Waals surface area contributed by atoms with Crippen molar-refractivity contribution < 1.29 is 23.1 Å². The Morgan fingerprint density at radius 3 is 2.74 bits per heavy atom. The number of alkyl halides is 3. The number of β-amino-alcohol motifs (C(OH)–C–C–N with tert-alkyl or cyclic N) is 1. The predicted molar refractivity (Wildman–Crippen MR) is 80.9 cm³/mol. The zero-order valence-electron chi connectivity index (χ0n) is 13.1. The highest BCUT2D eigenvalue weighted by Gasteiger charge is 2.32. The number of hydrogen-bond donors (Lipinski definition) is 2. The minimum atomic E-state index is -4.44. The lowest BCUT2D eigenvalue weighted by Gasteiger charge is -2.37. The van der Waals surface area contributed by atoms with Crippen LogP contribution in [0, 0.1) is 5.92 Å². The number of anilines is 1. The van der Waals surface area contributed by atoms with Gasteiger partial charge in [-0.1, -0.05) is 13.0 Å². The summed E-state index contributed by atoms with van der Waals surface area (Å²) in [5.41, 5.74) is -0.687. The molecule has 3 unspecified atom stereocenters. The van der Waals surface area contributed by atoms with Gasteiger partial charge in [0.05, 0.1) is 17.7 Å². The molecule has 0 spiro atoms. The van der Waals surface area contributed by atoms with Crippen LogP contribution in [0.1, 0.15) is 25.8 Å². The molecule has 0 bridgehead atoms. The highest BCUT2D eigenvalue weighted by Crippen LogP contribution is 2.30. The monoisotopic (exact) mass is 330 g/mol. The SMILES string of the molecule is CC1CCN(C(C)C(=O)Nc2cccc(C(F)(F)F)c2)CC1O. The molecule has 1 aromatic rings. The largest absolute Gasteiger partial charge is 0.416 e. The smallest absolute Gasteiger partial charge is 0.392 e. The summed E-state index contributed by atoms with van der Waals surface area (Å²) in [6.07, 6.45) is -4.16. The van der Waals surface area contributed by atoms with E-state index in [0.717, 1.165) is 18.6 Å². The molecule has 2 rings (SSSR count). The van der Waals surface area contributed by atoms with E-state index in [9.17, 15) is 23.1 Å². The Hall–Kier alpha value is -1.60. The van der Waals surface area contributed by atoms with E-state index in [4.69, 9.17) is 0 Å². The first-order valence-electron chi connectivity index (χ1n) is 7.58. The lowest BCUT2D eigenvalue weighted by atomic mass is 9.95. The van der Waals surface area contributed by atoms with E-state index in [1.54, 1.807) is 6.92 Å². The fourth-order valence-corrected chi connectivity index (χ4v) is 2.61. The first kappa shape index (κ1) is 17.7. The van der Waals surface area contributed by atoms with E-state index in [1.807, 2.05) is 11.8 Å². The van der Waals surface area contributed by atoms with Crippen molar-refractivity contribution in [3.05, 3.63) is 29.8 Å². The number of benzene rings is 1. The number of hydrogen-bond acceptors (Lipinski definition) is 3. The summed E-state index contributed by atoms with van der Waals surface area (Å²) in [7, 11) is 0. The molecule has 23 heavy (non-hydrogen) atoms. The van der Waals surface area contributed by atoms with Crippen molar-refractivity contribution in [1.82, 2.24) is 4.90 Å². The van der Waals surface area contributed by atoms with E-state index in [-0.39, 0.29) is 17.5 Å². The molecule has 7 heteroatoms. The lowest BCUT2D eigenvalue weighted by Crippen LogP contribution is -2.50. The standard InChI is InChI=1S/C16H21F3N2O2/c1-10-6-7-21(9-14(10)22)11(2)15(23)20-13-5-3-4-12(8-13)16(17,18)19/h3-5,8,10-11,14,22H,6-7,9H2,1-2H3,(H,20,23). The molecule has 1 saturated heterocycles. The fraction of sp³-hybridized carbons (Fsp3) is 0.562. The number of rotatable bonds is 3. The van der Waals surface area contributed by atoms with Crippen LogP contribution in [0.5, 0.6) is 0 Å². The van der Waals surface area contributed by atoms with E-state index in [1.165, 1.54) is 12.1 Å². The molecule has 2 N–H and O–H groups in total. The number of amides is 1. The Labute approximate surface area is 133 Å². The normalized spacial score (nSPS) is 24.3. The maximum Gasteiger partial charge on any atom is 0.416 e. The maximum absolute atomic E-state index is 12.7. The molecule has 1 aliphatic rings. The Morgan fingerprint density at radius 1 is 1.43 bits per heavy atom. The second-order valence-electron chi connectivity index (χ2n) is 6.07. The fourth-order valence-electron chi connectivity index (χ4n) is 2.61. The van der Waals surface area contributed by atoms with Crippen molar-refractivity contribution in [2.24, 2.45) is 5.92 Å². The zero-order valence-corrected chi connectivity index (χ0v) is 13.1. The van der Waals surface area contributed by atoms with Gasteiger partial charge < -0.3 is 10.4 Å². The van der Waals surface area contributed by atoms with Gasteiger partial charge in [-0.2, -0.15) is 13.2 Å². The summed E-state index contributed by atoms with van der Waals surface area (Å²) in [5, 5.41) is 12.4. The third-order valence-electron chi connectivity index (χ3n) is 4.33. The summed E-state index contributed by atoms with van der Waals surface area (Å²) in [4.78, 5) is 14.1.